The summed E-state index contributed by atoms with van der Waals surface area (Å²) < 4.78 is 0. The van der Waals surface area contributed by atoms with Gasteiger partial charge in [0.05, 0.1) is 0 Å². The molecule has 0 amide bonds. The molecule has 1 aliphatic rings. The minimum atomic E-state index is 0.380. The third-order valence-corrected chi connectivity index (χ3v) is 5.78. The number of aryl methyl sites for hydroxylation is 1. The van der Waals surface area contributed by atoms with Gasteiger partial charge in [-0.3, -0.25) is 0 Å². The van der Waals surface area contributed by atoms with Crippen molar-refractivity contribution in [2.24, 2.45) is 5.92 Å². The van der Waals surface area contributed by atoms with Gasteiger partial charge in [0, 0.05) is 46.9 Å². The first-order valence-electron chi connectivity index (χ1n) is 10.9. The Morgan fingerprint density at radius 3 is 2.97 bits per heavy atom. The Kier molecular flexibility index (Phi) is 6.75. The largest absolute Gasteiger partial charge is 0.370 e. The van der Waals surface area contributed by atoms with Crippen molar-refractivity contribution in [2.45, 2.75) is 45.6 Å². The minimum Gasteiger partial charge on any atom is -0.370 e. The van der Waals surface area contributed by atoms with Gasteiger partial charge in [-0.1, -0.05) is 25.4 Å². The van der Waals surface area contributed by atoms with Gasteiger partial charge in [0.15, 0.2) is 0 Å². The predicted octanol–water partition coefficient (Wildman–Crippen LogP) is 5.15. The number of benzene rings is 1. The molecule has 0 spiro atoms. The van der Waals surface area contributed by atoms with Crippen molar-refractivity contribution in [3.63, 3.8) is 0 Å². The summed E-state index contributed by atoms with van der Waals surface area (Å²) in [6, 6.07) is 8.42. The number of aromatic nitrogens is 3. The molecule has 1 atom stereocenters. The van der Waals surface area contributed by atoms with Crippen molar-refractivity contribution >= 4 is 34.3 Å². The molecule has 0 saturated carbocycles. The van der Waals surface area contributed by atoms with Gasteiger partial charge in [-0.15, -0.1) is 0 Å². The van der Waals surface area contributed by atoms with Crippen LogP contribution in [0.2, 0.25) is 5.02 Å². The number of nitrogens with one attached hydrogen (secondary N) is 4. The monoisotopic (exact) mass is 426 g/mol. The third kappa shape index (κ3) is 5.05. The Bertz CT molecular complexity index is 983. The lowest BCUT2D eigenvalue weighted by atomic mass is 9.91. The van der Waals surface area contributed by atoms with Gasteiger partial charge in [-0.2, -0.15) is 4.98 Å². The van der Waals surface area contributed by atoms with E-state index >= 15 is 0 Å². The van der Waals surface area contributed by atoms with Crippen LogP contribution in [0.25, 0.3) is 10.9 Å². The summed E-state index contributed by atoms with van der Waals surface area (Å²) in [5.74, 6) is 2.11. The van der Waals surface area contributed by atoms with E-state index in [-0.39, 0.29) is 0 Å². The summed E-state index contributed by atoms with van der Waals surface area (Å²) in [4.78, 5) is 12.4. The maximum absolute atomic E-state index is 6.21. The maximum Gasteiger partial charge on any atom is 0.224 e. The fourth-order valence-corrected chi connectivity index (χ4v) is 4.23. The summed E-state index contributed by atoms with van der Waals surface area (Å²) in [7, 11) is 0. The number of H-pyrrole nitrogens is 1. The first-order chi connectivity index (χ1) is 14.6. The van der Waals surface area contributed by atoms with Crippen LogP contribution in [-0.4, -0.2) is 34.6 Å². The van der Waals surface area contributed by atoms with Crippen molar-refractivity contribution in [1.82, 2.24) is 20.3 Å². The van der Waals surface area contributed by atoms with E-state index in [9.17, 15) is 0 Å². The summed E-state index contributed by atoms with van der Waals surface area (Å²) in [6.45, 7) is 7.04. The number of nitrogens with zero attached hydrogens (tertiary/aromatic N) is 2. The van der Waals surface area contributed by atoms with E-state index in [2.05, 4.69) is 56.9 Å². The first kappa shape index (κ1) is 20.9. The second-order valence-corrected chi connectivity index (χ2v) is 8.86. The van der Waals surface area contributed by atoms with Crippen molar-refractivity contribution < 1.29 is 0 Å². The lowest BCUT2D eigenvalue weighted by Crippen LogP contribution is -2.27. The van der Waals surface area contributed by atoms with E-state index in [4.69, 9.17) is 11.6 Å². The highest BCUT2D eigenvalue weighted by molar-refractivity contribution is 6.31. The maximum atomic E-state index is 6.21. The van der Waals surface area contributed by atoms with Crippen LogP contribution in [0.3, 0.4) is 0 Å². The number of fused-ring (bicyclic) bond motifs is 3. The molecule has 2 aromatic heterocycles. The van der Waals surface area contributed by atoms with Crippen LogP contribution >= 0.6 is 11.6 Å². The molecule has 1 unspecified atom stereocenters. The first-order valence-corrected chi connectivity index (χ1v) is 11.3. The molecule has 4 N–H and O–H groups in total. The molecule has 0 bridgehead atoms. The van der Waals surface area contributed by atoms with Crippen LogP contribution in [0.15, 0.2) is 30.5 Å². The predicted molar refractivity (Wildman–Crippen MR) is 125 cm³/mol. The van der Waals surface area contributed by atoms with Crippen LogP contribution in [0.1, 0.15) is 50.4 Å². The van der Waals surface area contributed by atoms with Gasteiger partial charge in [0.1, 0.15) is 5.82 Å². The fourth-order valence-electron chi connectivity index (χ4n) is 4.06. The van der Waals surface area contributed by atoms with Crippen molar-refractivity contribution in [3.8, 4) is 0 Å². The minimum absolute atomic E-state index is 0.380. The number of anilines is 2. The smallest absolute Gasteiger partial charge is 0.224 e. The van der Waals surface area contributed by atoms with Gasteiger partial charge in [0.25, 0.3) is 0 Å². The molecular formula is C23H31ClN6. The zero-order valence-electron chi connectivity index (χ0n) is 17.8. The zero-order chi connectivity index (χ0) is 20.9. The molecule has 3 aromatic rings. The van der Waals surface area contributed by atoms with E-state index < -0.39 is 0 Å². The highest BCUT2D eigenvalue weighted by Crippen LogP contribution is 2.35. The number of hydrogen-bond acceptors (Lipinski definition) is 5. The molecule has 1 aromatic carbocycles. The third-order valence-electron chi connectivity index (χ3n) is 5.54. The normalized spacial score (nSPS) is 16.1. The Balaban J connectivity index is 1.27. The summed E-state index contributed by atoms with van der Waals surface area (Å²) in [5, 5.41) is 12.5. The van der Waals surface area contributed by atoms with Gasteiger partial charge < -0.3 is 20.9 Å². The molecule has 7 heteroatoms. The van der Waals surface area contributed by atoms with Gasteiger partial charge in [0.2, 0.25) is 5.95 Å². The molecule has 1 aliphatic carbocycles. The number of rotatable bonds is 9. The highest BCUT2D eigenvalue weighted by atomic mass is 35.5. The van der Waals surface area contributed by atoms with Gasteiger partial charge in [-0.05, 0) is 68.0 Å². The summed E-state index contributed by atoms with van der Waals surface area (Å²) in [5.41, 5.74) is 3.95. The van der Waals surface area contributed by atoms with Crippen molar-refractivity contribution in [2.75, 3.05) is 30.3 Å². The molecule has 30 heavy (non-hydrogen) atoms. The van der Waals surface area contributed by atoms with E-state index in [1.807, 2.05) is 12.1 Å². The SMILES string of the molecule is CC(C)CNc1nccc(NCCCNC2CCCc3c2[nH]c2ccc(Cl)cc32)n1. The van der Waals surface area contributed by atoms with Crippen LogP contribution in [0.4, 0.5) is 11.8 Å². The summed E-state index contributed by atoms with van der Waals surface area (Å²) in [6.07, 6.45) is 6.31. The van der Waals surface area contributed by atoms with E-state index in [0.29, 0.717) is 17.9 Å². The number of aromatic amines is 1. The van der Waals surface area contributed by atoms with Crippen LogP contribution in [0, 0.1) is 5.92 Å². The van der Waals surface area contributed by atoms with E-state index in [1.165, 1.54) is 28.6 Å². The molecule has 0 aliphatic heterocycles. The Morgan fingerprint density at radius 1 is 1.20 bits per heavy atom. The van der Waals surface area contributed by atoms with Gasteiger partial charge >= 0.3 is 0 Å². The molecule has 6 nitrogen and oxygen atoms in total. The van der Waals surface area contributed by atoms with Crippen molar-refractivity contribution in [3.05, 3.63) is 46.7 Å². The highest BCUT2D eigenvalue weighted by Gasteiger charge is 2.23. The van der Waals surface area contributed by atoms with Gasteiger partial charge in [-0.25, -0.2) is 4.98 Å². The summed E-state index contributed by atoms with van der Waals surface area (Å²) >= 11 is 6.21. The number of halogens is 1. The molecule has 0 fully saturated rings. The average molecular weight is 427 g/mol. The van der Waals surface area contributed by atoms with Crippen molar-refractivity contribution in [1.29, 1.82) is 0 Å². The average Bonchev–Trinajstić information content (AvgIpc) is 3.11. The molecule has 0 saturated heterocycles. The van der Waals surface area contributed by atoms with Crippen LogP contribution < -0.4 is 16.0 Å². The molecule has 2 heterocycles. The second kappa shape index (κ2) is 9.67. The Hall–Kier alpha value is -2.31. The lowest BCUT2D eigenvalue weighted by Gasteiger charge is -2.24. The van der Waals surface area contributed by atoms with Crippen LogP contribution in [0.5, 0.6) is 0 Å². The molecule has 4 rings (SSSR count). The van der Waals surface area contributed by atoms with Crippen LogP contribution in [-0.2, 0) is 6.42 Å². The topological polar surface area (TPSA) is 77.7 Å². The lowest BCUT2D eigenvalue weighted by molar-refractivity contribution is 0.452. The standard InChI is InChI=1S/C23H31ClN6/c1-15(2)14-28-23-27-12-9-21(30-23)26-11-4-10-25-20-6-3-5-17-18-13-16(24)7-8-19(18)29-22(17)20/h7-9,12-13,15,20,25,29H,3-6,10-11,14H2,1-2H3,(H2,26,27,28,30). The second-order valence-electron chi connectivity index (χ2n) is 8.43. The van der Waals surface area contributed by atoms with E-state index in [0.717, 1.165) is 49.7 Å². The molecule has 160 valence electrons. The molecular weight excluding hydrogens is 396 g/mol. The Morgan fingerprint density at radius 2 is 2.10 bits per heavy atom. The molecule has 0 radical (unpaired) electrons. The fraction of sp³-hybridized carbons (Fsp3) is 0.478. The van der Waals surface area contributed by atoms with E-state index in [1.54, 1.807) is 6.20 Å². The Labute approximate surface area is 183 Å². The quantitative estimate of drug-likeness (QED) is 0.356. The number of hydrogen-bond donors (Lipinski definition) is 4. The zero-order valence-corrected chi connectivity index (χ0v) is 18.5.